The molecule has 0 radical (unpaired) electrons. The summed E-state index contributed by atoms with van der Waals surface area (Å²) < 4.78 is 22.9. The van der Waals surface area contributed by atoms with E-state index in [-0.39, 0.29) is 12.0 Å². The Kier molecular flexibility index (Phi) is 8.25. The molecule has 1 atom stereocenters. The van der Waals surface area contributed by atoms with Gasteiger partial charge in [-0.05, 0) is 63.9 Å². The summed E-state index contributed by atoms with van der Waals surface area (Å²) in [5, 5.41) is 3.03. The Morgan fingerprint density at radius 2 is 1.65 bits per heavy atom. The third-order valence-electron chi connectivity index (χ3n) is 7.37. The molecule has 40 heavy (non-hydrogen) atoms. The molecule has 10 nitrogen and oxygen atoms in total. The van der Waals surface area contributed by atoms with Crippen LogP contribution in [0.2, 0.25) is 0 Å². The number of nitrogens with one attached hydrogen (secondary N) is 1. The Bertz CT molecular complexity index is 1200. The smallest absolute Gasteiger partial charge is 0.410 e. The normalized spacial score (nSPS) is 19.4. The van der Waals surface area contributed by atoms with E-state index in [1.165, 1.54) is 0 Å². The minimum atomic E-state index is -0.610. The number of morpholine rings is 1. The van der Waals surface area contributed by atoms with E-state index in [1.54, 1.807) is 12.0 Å². The van der Waals surface area contributed by atoms with Crippen LogP contribution >= 0.6 is 0 Å². The molecule has 0 aromatic heterocycles. The van der Waals surface area contributed by atoms with Crippen molar-refractivity contribution in [3.63, 3.8) is 0 Å². The monoisotopic (exact) mass is 552 g/mol. The molecule has 0 spiro atoms. The number of piperazine rings is 1. The summed E-state index contributed by atoms with van der Waals surface area (Å²) in [7, 11) is 1.65. The fourth-order valence-electron chi connectivity index (χ4n) is 5.25. The van der Waals surface area contributed by atoms with Crippen LogP contribution in [0.5, 0.6) is 11.5 Å². The van der Waals surface area contributed by atoms with Gasteiger partial charge in [-0.1, -0.05) is 0 Å². The molecule has 5 rings (SSSR count). The van der Waals surface area contributed by atoms with Crippen molar-refractivity contribution in [2.45, 2.75) is 45.3 Å². The van der Waals surface area contributed by atoms with Crippen LogP contribution in [0, 0.1) is 0 Å². The van der Waals surface area contributed by atoms with E-state index in [9.17, 15) is 9.59 Å². The first-order valence-corrected chi connectivity index (χ1v) is 14.0. The van der Waals surface area contributed by atoms with E-state index < -0.39 is 11.7 Å². The molecule has 0 aliphatic carbocycles. The second-order valence-electron chi connectivity index (χ2n) is 11.4. The van der Waals surface area contributed by atoms with Crippen molar-refractivity contribution in [1.29, 1.82) is 0 Å². The van der Waals surface area contributed by atoms with Gasteiger partial charge in [0, 0.05) is 62.3 Å². The van der Waals surface area contributed by atoms with Gasteiger partial charge in [0.1, 0.15) is 17.1 Å². The molecule has 2 aromatic carbocycles. The molecule has 2 saturated heterocycles. The molecule has 0 saturated carbocycles. The van der Waals surface area contributed by atoms with Gasteiger partial charge in [0.15, 0.2) is 6.10 Å². The summed E-state index contributed by atoms with van der Waals surface area (Å²) in [6.45, 7) is 11.1. The van der Waals surface area contributed by atoms with Gasteiger partial charge < -0.3 is 39.0 Å². The van der Waals surface area contributed by atoms with Crippen LogP contribution in [-0.2, 0) is 20.7 Å². The zero-order chi connectivity index (χ0) is 28.3. The highest BCUT2D eigenvalue weighted by Crippen LogP contribution is 2.41. The van der Waals surface area contributed by atoms with Crippen molar-refractivity contribution in [3.05, 3.63) is 42.0 Å². The van der Waals surface area contributed by atoms with E-state index in [2.05, 4.69) is 15.1 Å². The van der Waals surface area contributed by atoms with Crippen molar-refractivity contribution >= 4 is 29.1 Å². The Morgan fingerprint density at radius 3 is 2.30 bits per heavy atom. The number of aryl methyl sites for hydroxylation is 1. The number of benzene rings is 2. The standard InChI is InChI=1S/C30H40N4O6/c1-30(2,3)40-29(36)34-13-11-33(12-14-34)25-20-24(37-4)19-21-5-10-26(39-27(21)25)28(35)31-22-6-8-23(9-7-22)32-15-17-38-18-16-32/h6-9,19-20,26H,5,10-18H2,1-4H3,(H,31,35). The van der Waals surface area contributed by atoms with E-state index in [0.717, 1.165) is 54.7 Å². The number of rotatable bonds is 5. The summed E-state index contributed by atoms with van der Waals surface area (Å²) in [4.78, 5) is 32.0. The van der Waals surface area contributed by atoms with Gasteiger partial charge in [-0.3, -0.25) is 4.79 Å². The summed E-state index contributed by atoms with van der Waals surface area (Å²) in [5.41, 5.74) is 3.22. The molecular weight excluding hydrogens is 512 g/mol. The van der Waals surface area contributed by atoms with Gasteiger partial charge in [0.05, 0.1) is 26.0 Å². The SMILES string of the molecule is COc1cc2c(c(N3CCN(C(=O)OC(C)(C)C)CC3)c1)OC(C(=O)Nc1ccc(N3CCOCC3)cc1)CC2. The maximum absolute atomic E-state index is 13.2. The van der Waals surface area contributed by atoms with Crippen molar-refractivity contribution in [3.8, 4) is 11.5 Å². The number of anilines is 3. The second kappa shape index (κ2) is 11.8. The number of hydrogen-bond donors (Lipinski definition) is 1. The van der Waals surface area contributed by atoms with Crippen LogP contribution in [0.25, 0.3) is 0 Å². The van der Waals surface area contributed by atoms with E-state index >= 15 is 0 Å². The lowest BCUT2D eigenvalue weighted by Gasteiger charge is -2.38. The van der Waals surface area contributed by atoms with Crippen LogP contribution in [0.15, 0.2) is 36.4 Å². The minimum absolute atomic E-state index is 0.165. The molecule has 1 N–H and O–H groups in total. The highest BCUT2D eigenvalue weighted by atomic mass is 16.6. The van der Waals surface area contributed by atoms with Gasteiger partial charge in [-0.2, -0.15) is 0 Å². The first-order valence-electron chi connectivity index (χ1n) is 14.0. The van der Waals surface area contributed by atoms with Crippen LogP contribution in [0.4, 0.5) is 21.9 Å². The molecule has 10 heteroatoms. The van der Waals surface area contributed by atoms with Crippen LogP contribution in [0.3, 0.4) is 0 Å². The van der Waals surface area contributed by atoms with Gasteiger partial charge in [-0.15, -0.1) is 0 Å². The molecule has 216 valence electrons. The van der Waals surface area contributed by atoms with Crippen LogP contribution in [-0.4, -0.2) is 88.2 Å². The molecule has 1 unspecified atom stereocenters. The summed E-state index contributed by atoms with van der Waals surface area (Å²) in [6, 6.07) is 11.8. The number of ether oxygens (including phenoxy) is 4. The average Bonchev–Trinajstić information content (AvgIpc) is 2.96. The lowest BCUT2D eigenvalue weighted by Crippen LogP contribution is -2.50. The third kappa shape index (κ3) is 6.55. The Morgan fingerprint density at radius 1 is 0.950 bits per heavy atom. The molecule has 3 heterocycles. The predicted molar refractivity (Wildman–Crippen MR) is 154 cm³/mol. The molecule has 2 fully saturated rings. The van der Waals surface area contributed by atoms with Crippen molar-refractivity contribution in [2.75, 3.05) is 74.7 Å². The largest absolute Gasteiger partial charge is 0.497 e. The third-order valence-corrected chi connectivity index (χ3v) is 7.37. The maximum atomic E-state index is 13.2. The number of amides is 2. The topological polar surface area (TPSA) is 92.8 Å². The minimum Gasteiger partial charge on any atom is -0.497 e. The molecule has 0 bridgehead atoms. The number of fused-ring (bicyclic) bond motifs is 1. The maximum Gasteiger partial charge on any atom is 0.410 e. The fourth-order valence-corrected chi connectivity index (χ4v) is 5.25. The lowest BCUT2D eigenvalue weighted by molar-refractivity contribution is -0.123. The predicted octanol–water partition coefficient (Wildman–Crippen LogP) is 3.92. The van der Waals surface area contributed by atoms with Crippen molar-refractivity contribution < 1.29 is 28.5 Å². The Hall–Kier alpha value is -3.66. The summed E-state index contributed by atoms with van der Waals surface area (Å²) in [6.07, 6.45) is 0.363. The Labute approximate surface area is 236 Å². The molecule has 3 aliphatic rings. The second-order valence-corrected chi connectivity index (χ2v) is 11.4. The highest BCUT2D eigenvalue weighted by Gasteiger charge is 2.32. The number of carbonyl (C=O) groups is 2. The van der Waals surface area contributed by atoms with Gasteiger partial charge in [0.25, 0.3) is 5.91 Å². The average molecular weight is 553 g/mol. The Balaban J connectivity index is 1.25. The van der Waals surface area contributed by atoms with Gasteiger partial charge in [-0.25, -0.2) is 4.79 Å². The number of methoxy groups -OCH3 is 1. The van der Waals surface area contributed by atoms with Crippen molar-refractivity contribution in [2.24, 2.45) is 0 Å². The lowest BCUT2D eigenvalue weighted by atomic mass is 9.99. The first kappa shape index (κ1) is 27.9. The zero-order valence-corrected chi connectivity index (χ0v) is 23.9. The highest BCUT2D eigenvalue weighted by molar-refractivity contribution is 5.95. The van der Waals surface area contributed by atoms with E-state index in [4.69, 9.17) is 18.9 Å². The fraction of sp³-hybridized carbons (Fsp3) is 0.533. The van der Waals surface area contributed by atoms with Crippen molar-refractivity contribution in [1.82, 2.24) is 4.90 Å². The van der Waals surface area contributed by atoms with Crippen LogP contribution < -0.4 is 24.6 Å². The number of nitrogens with zero attached hydrogens (tertiary/aromatic N) is 3. The number of hydrogen-bond acceptors (Lipinski definition) is 8. The molecule has 2 amide bonds. The first-order chi connectivity index (χ1) is 19.2. The summed E-state index contributed by atoms with van der Waals surface area (Å²) >= 11 is 0. The summed E-state index contributed by atoms with van der Waals surface area (Å²) in [5.74, 6) is 1.29. The zero-order valence-electron chi connectivity index (χ0n) is 23.9. The van der Waals surface area contributed by atoms with Gasteiger partial charge >= 0.3 is 6.09 Å². The van der Waals surface area contributed by atoms with E-state index in [0.29, 0.717) is 44.8 Å². The van der Waals surface area contributed by atoms with Gasteiger partial charge in [0.2, 0.25) is 0 Å². The molecule has 2 aromatic rings. The van der Waals surface area contributed by atoms with E-state index in [1.807, 2.05) is 57.2 Å². The quantitative estimate of drug-likeness (QED) is 0.597. The molecular formula is C30H40N4O6. The molecule has 3 aliphatic heterocycles. The number of carbonyl (C=O) groups excluding carboxylic acids is 2. The van der Waals surface area contributed by atoms with Crippen LogP contribution in [0.1, 0.15) is 32.8 Å².